The third-order valence-electron chi connectivity index (χ3n) is 4.33. The van der Waals surface area contributed by atoms with Crippen molar-refractivity contribution in [3.63, 3.8) is 0 Å². The highest BCUT2D eigenvalue weighted by molar-refractivity contribution is 5.95. The molecule has 0 saturated carbocycles. The Hall–Kier alpha value is -2.82. The van der Waals surface area contributed by atoms with Crippen LogP contribution in [0.5, 0.6) is 0 Å². The molecule has 2 amide bonds. The molecule has 0 spiro atoms. The van der Waals surface area contributed by atoms with Gasteiger partial charge in [-0.2, -0.15) is 0 Å². The van der Waals surface area contributed by atoms with E-state index in [1.54, 1.807) is 6.07 Å². The summed E-state index contributed by atoms with van der Waals surface area (Å²) in [5.41, 5.74) is 3.28. The summed E-state index contributed by atoms with van der Waals surface area (Å²) in [5.74, 6) is -0.140. The lowest BCUT2D eigenvalue weighted by molar-refractivity contribution is -0.119. The number of nitrogens with zero attached hydrogens (tertiary/aromatic N) is 1. The van der Waals surface area contributed by atoms with Crippen molar-refractivity contribution in [1.82, 2.24) is 5.32 Å². The second kappa shape index (κ2) is 9.04. The summed E-state index contributed by atoms with van der Waals surface area (Å²) in [4.78, 5) is 26.4. The Labute approximate surface area is 155 Å². The molecular formula is C21H27N3O2. The van der Waals surface area contributed by atoms with Crippen LogP contribution in [0.2, 0.25) is 0 Å². The van der Waals surface area contributed by atoms with Crippen LogP contribution in [-0.2, 0) is 11.3 Å². The Morgan fingerprint density at radius 1 is 1.08 bits per heavy atom. The first-order chi connectivity index (χ1) is 12.4. The maximum atomic E-state index is 12.4. The van der Waals surface area contributed by atoms with Gasteiger partial charge in [0.05, 0.1) is 0 Å². The standard InChI is InChI=1S/C21H27N3O2/c1-5-15(2)20(25)23-18-10-6-8-16(12-18)14-22-21(26)17-9-7-11-19(13-17)24(3)4/h6-13,15H,5,14H2,1-4H3,(H,22,26)(H,23,25). The number of hydrogen-bond acceptors (Lipinski definition) is 3. The summed E-state index contributed by atoms with van der Waals surface area (Å²) < 4.78 is 0. The van der Waals surface area contributed by atoms with E-state index in [-0.39, 0.29) is 17.7 Å². The molecule has 5 nitrogen and oxygen atoms in total. The van der Waals surface area contributed by atoms with Crippen LogP contribution in [0.3, 0.4) is 0 Å². The maximum Gasteiger partial charge on any atom is 0.251 e. The normalized spacial score (nSPS) is 11.5. The molecule has 0 aliphatic carbocycles. The van der Waals surface area contributed by atoms with E-state index in [0.717, 1.165) is 23.4 Å². The second-order valence-electron chi connectivity index (χ2n) is 6.63. The second-order valence-corrected chi connectivity index (χ2v) is 6.63. The Kier molecular flexibility index (Phi) is 6.78. The lowest BCUT2D eigenvalue weighted by atomic mass is 10.1. The monoisotopic (exact) mass is 353 g/mol. The third kappa shape index (κ3) is 5.34. The minimum atomic E-state index is -0.122. The molecule has 138 valence electrons. The fourth-order valence-electron chi connectivity index (χ4n) is 2.42. The highest BCUT2D eigenvalue weighted by Gasteiger charge is 2.11. The molecule has 1 atom stereocenters. The van der Waals surface area contributed by atoms with Gasteiger partial charge in [0.2, 0.25) is 5.91 Å². The van der Waals surface area contributed by atoms with Crippen molar-refractivity contribution >= 4 is 23.2 Å². The zero-order valence-corrected chi connectivity index (χ0v) is 15.9. The summed E-state index contributed by atoms with van der Waals surface area (Å²) in [6, 6.07) is 15.0. The first-order valence-corrected chi connectivity index (χ1v) is 8.86. The van der Waals surface area contributed by atoms with Gasteiger partial charge >= 0.3 is 0 Å². The highest BCUT2D eigenvalue weighted by Crippen LogP contribution is 2.15. The van der Waals surface area contributed by atoms with Gasteiger partial charge in [-0.25, -0.2) is 0 Å². The Bertz CT molecular complexity index is 771. The zero-order chi connectivity index (χ0) is 19.1. The van der Waals surface area contributed by atoms with E-state index >= 15 is 0 Å². The van der Waals surface area contributed by atoms with Gasteiger partial charge < -0.3 is 15.5 Å². The van der Waals surface area contributed by atoms with Crippen LogP contribution in [0.4, 0.5) is 11.4 Å². The van der Waals surface area contributed by atoms with Crippen LogP contribution in [0.1, 0.15) is 36.2 Å². The molecule has 0 bridgehead atoms. The lowest BCUT2D eigenvalue weighted by Gasteiger charge is -2.14. The Balaban J connectivity index is 1.99. The van der Waals surface area contributed by atoms with Crippen LogP contribution in [0.15, 0.2) is 48.5 Å². The molecule has 0 fully saturated rings. The van der Waals surface area contributed by atoms with Crippen LogP contribution in [0, 0.1) is 5.92 Å². The largest absolute Gasteiger partial charge is 0.378 e. The lowest BCUT2D eigenvalue weighted by Crippen LogP contribution is -2.23. The molecule has 0 aliphatic rings. The van der Waals surface area contributed by atoms with E-state index in [1.165, 1.54) is 0 Å². The van der Waals surface area contributed by atoms with E-state index in [9.17, 15) is 9.59 Å². The van der Waals surface area contributed by atoms with E-state index in [2.05, 4.69) is 10.6 Å². The van der Waals surface area contributed by atoms with E-state index < -0.39 is 0 Å². The minimum Gasteiger partial charge on any atom is -0.378 e. The summed E-state index contributed by atoms with van der Waals surface area (Å²) in [6.07, 6.45) is 0.799. The fraction of sp³-hybridized carbons (Fsp3) is 0.333. The predicted molar refractivity (Wildman–Crippen MR) is 106 cm³/mol. The van der Waals surface area contributed by atoms with Gasteiger partial charge in [0.15, 0.2) is 0 Å². The fourth-order valence-corrected chi connectivity index (χ4v) is 2.42. The van der Waals surface area contributed by atoms with Crippen molar-refractivity contribution in [1.29, 1.82) is 0 Å². The number of rotatable bonds is 7. The van der Waals surface area contributed by atoms with Crippen LogP contribution < -0.4 is 15.5 Å². The van der Waals surface area contributed by atoms with Crippen LogP contribution in [-0.4, -0.2) is 25.9 Å². The van der Waals surface area contributed by atoms with Crippen molar-refractivity contribution in [2.75, 3.05) is 24.3 Å². The van der Waals surface area contributed by atoms with Crippen molar-refractivity contribution < 1.29 is 9.59 Å². The van der Waals surface area contributed by atoms with Gasteiger partial charge in [0.25, 0.3) is 5.91 Å². The Morgan fingerprint density at radius 3 is 2.50 bits per heavy atom. The number of anilines is 2. The van der Waals surface area contributed by atoms with E-state index in [0.29, 0.717) is 12.1 Å². The molecular weight excluding hydrogens is 326 g/mol. The maximum absolute atomic E-state index is 12.4. The SMILES string of the molecule is CCC(C)C(=O)Nc1cccc(CNC(=O)c2cccc(N(C)C)c2)c1. The molecule has 2 N–H and O–H groups in total. The first-order valence-electron chi connectivity index (χ1n) is 8.86. The highest BCUT2D eigenvalue weighted by atomic mass is 16.2. The quantitative estimate of drug-likeness (QED) is 0.798. The number of amides is 2. The first kappa shape index (κ1) is 19.5. The average molecular weight is 353 g/mol. The van der Waals surface area contributed by atoms with Gasteiger partial charge in [-0.1, -0.05) is 32.0 Å². The molecule has 0 aliphatic heterocycles. The van der Waals surface area contributed by atoms with Crippen molar-refractivity contribution in [3.8, 4) is 0 Å². The molecule has 5 heteroatoms. The number of carbonyl (C=O) groups is 2. The van der Waals surface area contributed by atoms with Crippen LogP contribution >= 0.6 is 0 Å². The van der Waals surface area contributed by atoms with Crippen molar-refractivity contribution in [3.05, 3.63) is 59.7 Å². The summed E-state index contributed by atoms with van der Waals surface area (Å²) >= 11 is 0. The van der Waals surface area contributed by atoms with Gasteiger partial charge in [-0.05, 0) is 42.3 Å². The topological polar surface area (TPSA) is 61.4 Å². The minimum absolute atomic E-state index is 0.00851. The van der Waals surface area contributed by atoms with E-state index in [1.807, 2.05) is 75.3 Å². The number of nitrogens with one attached hydrogen (secondary N) is 2. The van der Waals surface area contributed by atoms with E-state index in [4.69, 9.17) is 0 Å². The average Bonchev–Trinajstić information content (AvgIpc) is 2.65. The third-order valence-corrected chi connectivity index (χ3v) is 4.33. The molecule has 0 heterocycles. The molecule has 2 rings (SSSR count). The Morgan fingerprint density at radius 2 is 1.81 bits per heavy atom. The molecule has 0 saturated heterocycles. The molecule has 1 unspecified atom stereocenters. The molecule has 26 heavy (non-hydrogen) atoms. The summed E-state index contributed by atoms with van der Waals surface area (Å²) in [5, 5.41) is 5.84. The van der Waals surface area contributed by atoms with Crippen molar-refractivity contribution in [2.45, 2.75) is 26.8 Å². The van der Waals surface area contributed by atoms with Gasteiger partial charge in [-0.15, -0.1) is 0 Å². The molecule has 0 radical (unpaired) electrons. The van der Waals surface area contributed by atoms with Gasteiger partial charge in [-0.3, -0.25) is 9.59 Å². The number of hydrogen-bond donors (Lipinski definition) is 2. The molecule has 2 aromatic carbocycles. The van der Waals surface area contributed by atoms with Gasteiger partial charge in [0, 0.05) is 43.5 Å². The van der Waals surface area contributed by atoms with Gasteiger partial charge in [0.1, 0.15) is 0 Å². The summed E-state index contributed by atoms with van der Waals surface area (Å²) in [6.45, 7) is 4.29. The molecule has 2 aromatic rings. The summed E-state index contributed by atoms with van der Waals surface area (Å²) in [7, 11) is 3.88. The predicted octanol–water partition coefficient (Wildman–Crippen LogP) is 3.67. The van der Waals surface area contributed by atoms with Crippen molar-refractivity contribution in [2.24, 2.45) is 5.92 Å². The number of carbonyl (C=O) groups excluding carboxylic acids is 2. The van der Waals surface area contributed by atoms with Crippen LogP contribution in [0.25, 0.3) is 0 Å². The molecule has 0 aromatic heterocycles. The smallest absolute Gasteiger partial charge is 0.251 e. The zero-order valence-electron chi connectivity index (χ0n) is 15.9. The number of benzene rings is 2.